The van der Waals surface area contributed by atoms with Crippen LogP contribution in [0.5, 0.6) is 0 Å². The minimum absolute atomic E-state index is 0.0530. The summed E-state index contributed by atoms with van der Waals surface area (Å²) < 4.78 is 0. The Balaban J connectivity index is 3.95. The largest absolute Gasteiger partial charge is 0.481 e. The van der Waals surface area contributed by atoms with Crippen LogP contribution >= 0.6 is 0 Å². The third-order valence-corrected chi connectivity index (χ3v) is 1.75. The molecule has 0 radical (unpaired) electrons. The number of nitrogens with two attached hydrogens (primary N) is 2. The molecule has 0 saturated carbocycles. The van der Waals surface area contributed by atoms with E-state index in [9.17, 15) is 4.79 Å². The average molecular weight is 187 g/mol. The van der Waals surface area contributed by atoms with Crippen molar-refractivity contribution in [2.75, 3.05) is 6.54 Å². The maximum atomic E-state index is 10.7. The van der Waals surface area contributed by atoms with Crippen LogP contribution in [-0.2, 0) is 4.79 Å². The van der Waals surface area contributed by atoms with Crippen LogP contribution < -0.4 is 11.5 Å². The van der Waals surface area contributed by atoms with Crippen molar-refractivity contribution in [2.24, 2.45) is 22.4 Å². The van der Waals surface area contributed by atoms with Crippen LogP contribution in [0.15, 0.2) is 4.99 Å². The van der Waals surface area contributed by atoms with E-state index in [1.165, 1.54) is 0 Å². The first-order valence-corrected chi connectivity index (χ1v) is 4.36. The van der Waals surface area contributed by atoms with Crippen molar-refractivity contribution < 1.29 is 9.90 Å². The van der Waals surface area contributed by atoms with E-state index in [0.29, 0.717) is 6.42 Å². The molecule has 5 heteroatoms. The second kappa shape index (κ2) is 6.28. The summed E-state index contributed by atoms with van der Waals surface area (Å²) in [5, 5.41) is 8.76. The number of carboxylic acids is 1. The standard InChI is InChI=1S/C8H17N3O2/c1-2-3-4-6(7(12)13)5-11-8(9)10/h6H,2-5H2,1H3,(H,12,13)(H4,9,10,11). The lowest BCUT2D eigenvalue weighted by molar-refractivity contribution is -0.141. The van der Waals surface area contributed by atoms with Gasteiger partial charge < -0.3 is 16.6 Å². The maximum Gasteiger partial charge on any atom is 0.308 e. The zero-order valence-corrected chi connectivity index (χ0v) is 7.86. The number of hydrogen-bond donors (Lipinski definition) is 3. The van der Waals surface area contributed by atoms with Crippen molar-refractivity contribution in [3.05, 3.63) is 0 Å². The molecule has 0 amide bonds. The zero-order valence-electron chi connectivity index (χ0n) is 7.86. The molecule has 0 aliphatic rings. The molecule has 0 rings (SSSR count). The van der Waals surface area contributed by atoms with Gasteiger partial charge in [-0.05, 0) is 6.42 Å². The van der Waals surface area contributed by atoms with E-state index in [4.69, 9.17) is 16.6 Å². The predicted octanol–water partition coefficient (Wildman–Crippen LogP) is 0.151. The maximum absolute atomic E-state index is 10.7. The Morgan fingerprint density at radius 3 is 2.54 bits per heavy atom. The molecule has 5 nitrogen and oxygen atoms in total. The van der Waals surface area contributed by atoms with E-state index >= 15 is 0 Å². The lowest BCUT2D eigenvalue weighted by Gasteiger charge is -2.08. The molecule has 0 aliphatic heterocycles. The summed E-state index contributed by atoms with van der Waals surface area (Å²) in [6.07, 6.45) is 2.49. The van der Waals surface area contributed by atoms with E-state index < -0.39 is 11.9 Å². The topological polar surface area (TPSA) is 102 Å². The molecular weight excluding hydrogens is 170 g/mol. The highest BCUT2D eigenvalue weighted by molar-refractivity contribution is 5.76. The Bertz CT molecular complexity index is 188. The summed E-state index contributed by atoms with van der Waals surface area (Å²) in [6, 6.07) is 0. The highest BCUT2D eigenvalue weighted by Crippen LogP contribution is 2.08. The first-order valence-electron chi connectivity index (χ1n) is 4.36. The van der Waals surface area contributed by atoms with Crippen LogP contribution in [0.2, 0.25) is 0 Å². The fourth-order valence-corrected chi connectivity index (χ4v) is 0.959. The van der Waals surface area contributed by atoms with E-state index in [-0.39, 0.29) is 12.5 Å². The third kappa shape index (κ3) is 5.95. The Morgan fingerprint density at radius 2 is 2.15 bits per heavy atom. The van der Waals surface area contributed by atoms with Crippen LogP contribution in [0, 0.1) is 5.92 Å². The fraction of sp³-hybridized carbons (Fsp3) is 0.750. The SMILES string of the molecule is CCCCC(CN=C(N)N)C(=O)O. The number of unbranched alkanes of at least 4 members (excludes halogenated alkanes) is 1. The van der Waals surface area contributed by atoms with Gasteiger partial charge in [0.2, 0.25) is 0 Å². The Hall–Kier alpha value is -1.26. The quantitative estimate of drug-likeness (QED) is 0.407. The summed E-state index contributed by atoms with van der Waals surface area (Å²) in [5.74, 6) is -1.34. The molecule has 1 atom stereocenters. The molecule has 1 unspecified atom stereocenters. The number of hydrogen-bond acceptors (Lipinski definition) is 2. The van der Waals surface area contributed by atoms with Crippen molar-refractivity contribution in [3.63, 3.8) is 0 Å². The van der Waals surface area contributed by atoms with Gasteiger partial charge in [-0.1, -0.05) is 19.8 Å². The average Bonchev–Trinajstić information content (AvgIpc) is 2.03. The van der Waals surface area contributed by atoms with Gasteiger partial charge in [-0.25, -0.2) is 0 Å². The number of guanidine groups is 1. The van der Waals surface area contributed by atoms with Crippen molar-refractivity contribution in [2.45, 2.75) is 26.2 Å². The number of aliphatic carboxylic acids is 1. The van der Waals surface area contributed by atoms with Crippen molar-refractivity contribution in [1.82, 2.24) is 0 Å². The molecule has 0 aliphatic carbocycles. The Morgan fingerprint density at radius 1 is 1.54 bits per heavy atom. The van der Waals surface area contributed by atoms with Crippen molar-refractivity contribution in [3.8, 4) is 0 Å². The van der Waals surface area contributed by atoms with Crippen LogP contribution in [0.4, 0.5) is 0 Å². The summed E-state index contributed by atoms with van der Waals surface area (Å²) in [5.41, 5.74) is 10.2. The Labute approximate surface area is 77.8 Å². The number of carboxylic acid groups (broad SMARTS) is 1. The summed E-state index contributed by atoms with van der Waals surface area (Å²) in [4.78, 5) is 14.4. The molecule has 0 fully saturated rings. The first kappa shape index (κ1) is 11.7. The molecule has 0 heterocycles. The molecule has 76 valence electrons. The van der Waals surface area contributed by atoms with E-state index in [1.807, 2.05) is 6.92 Å². The smallest absolute Gasteiger partial charge is 0.308 e. The van der Waals surface area contributed by atoms with E-state index in [1.54, 1.807) is 0 Å². The van der Waals surface area contributed by atoms with Gasteiger partial charge >= 0.3 is 5.97 Å². The molecule has 0 bridgehead atoms. The molecular formula is C8H17N3O2. The normalized spacial score (nSPS) is 12.1. The molecule has 0 spiro atoms. The van der Waals surface area contributed by atoms with Crippen LogP contribution in [0.1, 0.15) is 26.2 Å². The van der Waals surface area contributed by atoms with E-state index in [0.717, 1.165) is 12.8 Å². The van der Waals surface area contributed by atoms with Gasteiger partial charge in [0, 0.05) is 0 Å². The van der Waals surface area contributed by atoms with Gasteiger partial charge in [-0.15, -0.1) is 0 Å². The van der Waals surface area contributed by atoms with Crippen molar-refractivity contribution in [1.29, 1.82) is 0 Å². The Kier molecular flexibility index (Phi) is 5.67. The van der Waals surface area contributed by atoms with E-state index in [2.05, 4.69) is 4.99 Å². The highest BCUT2D eigenvalue weighted by Gasteiger charge is 2.15. The summed E-state index contributed by atoms with van der Waals surface area (Å²) >= 11 is 0. The molecule has 5 N–H and O–H groups in total. The first-order chi connectivity index (χ1) is 6.07. The second-order valence-electron chi connectivity index (χ2n) is 2.94. The number of aliphatic imine (C=N–C) groups is 1. The number of nitrogens with zero attached hydrogens (tertiary/aromatic N) is 1. The minimum atomic E-state index is -0.835. The lowest BCUT2D eigenvalue weighted by Crippen LogP contribution is -2.25. The second-order valence-corrected chi connectivity index (χ2v) is 2.94. The molecule has 0 aromatic rings. The highest BCUT2D eigenvalue weighted by atomic mass is 16.4. The van der Waals surface area contributed by atoms with Crippen LogP contribution in [-0.4, -0.2) is 23.6 Å². The van der Waals surface area contributed by atoms with Gasteiger partial charge in [-0.3, -0.25) is 9.79 Å². The van der Waals surface area contributed by atoms with Crippen LogP contribution in [0.25, 0.3) is 0 Å². The minimum Gasteiger partial charge on any atom is -0.481 e. The molecule has 0 aromatic carbocycles. The zero-order chi connectivity index (χ0) is 10.3. The predicted molar refractivity (Wildman–Crippen MR) is 51.3 cm³/mol. The fourth-order valence-electron chi connectivity index (χ4n) is 0.959. The van der Waals surface area contributed by atoms with Gasteiger partial charge in [-0.2, -0.15) is 0 Å². The van der Waals surface area contributed by atoms with Crippen LogP contribution in [0.3, 0.4) is 0 Å². The van der Waals surface area contributed by atoms with Crippen molar-refractivity contribution >= 4 is 11.9 Å². The lowest BCUT2D eigenvalue weighted by atomic mass is 10.0. The monoisotopic (exact) mass is 187 g/mol. The molecule has 0 saturated heterocycles. The summed E-state index contributed by atoms with van der Waals surface area (Å²) in [7, 11) is 0. The number of carbonyl (C=O) groups is 1. The van der Waals surface area contributed by atoms with Gasteiger partial charge in [0.05, 0.1) is 12.5 Å². The molecule has 13 heavy (non-hydrogen) atoms. The molecule has 0 aromatic heterocycles. The van der Waals surface area contributed by atoms with Gasteiger partial charge in [0.25, 0.3) is 0 Å². The summed E-state index contributed by atoms with van der Waals surface area (Å²) in [6.45, 7) is 2.19. The third-order valence-electron chi connectivity index (χ3n) is 1.75. The van der Waals surface area contributed by atoms with Gasteiger partial charge in [0.15, 0.2) is 5.96 Å². The van der Waals surface area contributed by atoms with Gasteiger partial charge in [0.1, 0.15) is 0 Å². The number of rotatable bonds is 6.